The van der Waals surface area contributed by atoms with E-state index in [-0.39, 0.29) is 6.42 Å². The summed E-state index contributed by atoms with van der Waals surface area (Å²) in [6, 6.07) is 4.25. The number of hydrogen-bond donors (Lipinski definition) is 1. The summed E-state index contributed by atoms with van der Waals surface area (Å²) in [5.41, 5.74) is 1.78. The maximum atomic E-state index is 10.8. The number of aryl methyl sites for hydroxylation is 1. The molecule has 1 N–H and O–H groups in total. The van der Waals surface area contributed by atoms with Gasteiger partial charge < -0.3 is 9.67 Å². The van der Waals surface area contributed by atoms with Gasteiger partial charge in [-0.1, -0.05) is 19.3 Å². The molecule has 1 saturated carbocycles. The smallest absolute Gasteiger partial charge is 0.303 e. The summed E-state index contributed by atoms with van der Waals surface area (Å²) in [6.45, 7) is 0. The van der Waals surface area contributed by atoms with E-state index in [0.717, 1.165) is 29.8 Å². The molecule has 1 aliphatic carbocycles. The number of carboxylic acid groups (broad SMARTS) is 1. The Hall–Kier alpha value is -1.91. The van der Waals surface area contributed by atoms with E-state index < -0.39 is 5.97 Å². The lowest BCUT2D eigenvalue weighted by Gasteiger charge is -2.25. The highest BCUT2D eigenvalue weighted by molar-refractivity contribution is 5.72. The van der Waals surface area contributed by atoms with Gasteiger partial charge in [0.2, 0.25) is 0 Å². The van der Waals surface area contributed by atoms with E-state index in [0.29, 0.717) is 12.5 Å². The van der Waals surface area contributed by atoms with E-state index >= 15 is 0 Å². The summed E-state index contributed by atoms with van der Waals surface area (Å²) in [4.78, 5) is 19.9. The first-order chi connectivity index (χ1) is 9.75. The van der Waals surface area contributed by atoms with Crippen molar-refractivity contribution in [3.8, 4) is 0 Å². The van der Waals surface area contributed by atoms with Gasteiger partial charge in [0, 0.05) is 18.7 Å². The molecule has 0 amide bonds. The predicted molar refractivity (Wildman–Crippen MR) is 75.6 cm³/mol. The second kappa shape index (κ2) is 5.61. The van der Waals surface area contributed by atoms with Gasteiger partial charge in [-0.05, 0) is 25.0 Å². The van der Waals surface area contributed by atoms with Gasteiger partial charge in [0.05, 0.1) is 6.42 Å². The van der Waals surface area contributed by atoms with Crippen molar-refractivity contribution in [1.29, 1.82) is 0 Å². The third-order valence-electron chi connectivity index (χ3n) is 4.02. The highest BCUT2D eigenvalue weighted by atomic mass is 16.4. The molecule has 0 spiro atoms. The standard InChI is InChI=1S/C15H19N3O2/c19-14(20)9-8-13-17-12-7-4-10-16-15(12)18(13)11-5-2-1-3-6-11/h4,7,10-11H,1-3,5-6,8-9H2,(H,19,20). The number of carbonyl (C=O) groups is 1. The first kappa shape index (κ1) is 13.1. The summed E-state index contributed by atoms with van der Waals surface area (Å²) < 4.78 is 2.19. The lowest BCUT2D eigenvalue weighted by Crippen LogP contribution is -2.16. The fourth-order valence-electron chi connectivity index (χ4n) is 3.09. The van der Waals surface area contributed by atoms with Crippen LogP contribution >= 0.6 is 0 Å². The van der Waals surface area contributed by atoms with Gasteiger partial charge in [0.15, 0.2) is 5.65 Å². The number of nitrogens with zero attached hydrogens (tertiary/aromatic N) is 3. The Balaban J connectivity index is 2.00. The van der Waals surface area contributed by atoms with Gasteiger partial charge in [-0.25, -0.2) is 9.97 Å². The Morgan fingerprint density at radius 2 is 2.15 bits per heavy atom. The van der Waals surface area contributed by atoms with E-state index in [1.54, 1.807) is 6.20 Å². The summed E-state index contributed by atoms with van der Waals surface area (Å²) in [6.07, 6.45) is 8.42. The SMILES string of the molecule is O=C(O)CCc1nc2cccnc2n1C1CCCCC1. The van der Waals surface area contributed by atoms with Gasteiger partial charge in [-0.15, -0.1) is 0 Å². The normalized spacial score (nSPS) is 16.6. The second-order valence-electron chi connectivity index (χ2n) is 5.43. The van der Waals surface area contributed by atoms with Crippen molar-refractivity contribution in [2.45, 2.75) is 51.0 Å². The third kappa shape index (κ3) is 2.53. The van der Waals surface area contributed by atoms with Gasteiger partial charge >= 0.3 is 5.97 Å². The molecule has 1 fully saturated rings. The summed E-state index contributed by atoms with van der Waals surface area (Å²) >= 11 is 0. The van der Waals surface area contributed by atoms with Crippen LogP contribution in [0.4, 0.5) is 0 Å². The molecule has 2 heterocycles. The lowest BCUT2D eigenvalue weighted by molar-refractivity contribution is -0.137. The van der Waals surface area contributed by atoms with Crippen LogP contribution < -0.4 is 0 Å². The first-order valence-electron chi connectivity index (χ1n) is 7.29. The Bertz CT molecular complexity index is 615. The zero-order valence-electron chi connectivity index (χ0n) is 11.5. The molecule has 3 rings (SSSR count). The molecule has 0 aliphatic heterocycles. The zero-order valence-corrected chi connectivity index (χ0v) is 11.5. The average Bonchev–Trinajstić information content (AvgIpc) is 2.84. The Morgan fingerprint density at radius 1 is 1.35 bits per heavy atom. The Labute approximate surface area is 117 Å². The van der Waals surface area contributed by atoms with Crippen LogP contribution in [0.25, 0.3) is 11.2 Å². The van der Waals surface area contributed by atoms with Gasteiger partial charge in [0.1, 0.15) is 11.3 Å². The average molecular weight is 273 g/mol. The molecule has 5 nitrogen and oxygen atoms in total. The highest BCUT2D eigenvalue weighted by Crippen LogP contribution is 2.32. The highest BCUT2D eigenvalue weighted by Gasteiger charge is 2.22. The van der Waals surface area contributed by atoms with E-state index in [1.165, 1.54) is 19.3 Å². The lowest BCUT2D eigenvalue weighted by atomic mass is 9.95. The van der Waals surface area contributed by atoms with E-state index in [1.807, 2.05) is 12.1 Å². The molecule has 2 aromatic rings. The van der Waals surface area contributed by atoms with Crippen LogP contribution in [0.5, 0.6) is 0 Å². The minimum atomic E-state index is -0.778. The number of rotatable bonds is 4. The molecule has 0 atom stereocenters. The van der Waals surface area contributed by atoms with Crippen molar-refractivity contribution >= 4 is 17.1 Å². The van der Waals surface area contributed by atoms with Gasteiger partial charge in [0.25, 0.3) is 0 Å². The number of imidazole rings is 1. The van der Waals surface area contributed by atoms with Crippen LogP contribution in [0.1, 0.15) is 50.4 Å². The summed E-state index contributed by atoms with van der Waals surface area (Å²) in [5, 5.41) is 8.90. The Morgan fingerprint density at radius 3 is 2.90 bits per heavy atom. The molecule has 0 unspecified atom stereocenters. The molecular formula is C15H19N3O2. The molecule has 2 aromatic heterocycles. The number of fused-ring (bicyclic) bond motifs is 1. The molecule has 1 aliphatic rings. The molecule has 20 heavy (non-hydrogen) atoms. The van der Waals surface area contributed by atoms with Crippen molar-refractivity contribution in [1.82, 2.24) is 14.5 Å². The van der Waals surface area contributed by atoms with Crippen molar-refractivity contribution in [2.75, 3.05) is 0 Å². The molecule has 0 saturated heterocycles. The minimum Gasteiger partial charge on any atom is -0.481 e. The maximum absolute atomic E-state index is 10.8. The van der Waals surface area contributed by atoms with Crippen molar-refractivity contribution in [2.24, 2.45) is 0 Å². The number of pyridine rings is 1. The molecule has 0 bridgehead atoms. The van der Waals surface area contributed by atoms with Crippen molar-refractivity contribution in [3.63, 3.8) is 0 Å². The number of hydrogen-bond acceptors (Lipinski definition) is 3. The van der Waals surface area contributed by atoms with Crippen LogP contribution in [-0.4, -0.2) is 25.6 Å². The summed E-state index contributed by atoms with van der Waals surface area (Å²) in [5.74, 6) is 0.0909. The van der Waals surface area contributed by atoms with Crippen LogP contribution in [0.2, 0.25) is 0 Å². The van der Waals surface area contributed by atoms with Crippen molar-refractivity contribution < 1.29 is 9.90 Å². The topological polar surface area (TPSA) is 68.0 Å². The van der Waals surface area contributed by atoms with Crippen LogP contribution in [0.15, 0.2) is 18.3 Å². The number of aromatic nitrogens is 3. The van der Waals surface area contributed by atoms with Crippen LogP contribution in [0, 0.1) is 0 Å². The first-order valence-corrected chi connectivity index (χ1v) is 7.29. The van der Waals surface area contributed by atoms with Crippen LogP contribution in [0.3, 0.4) is 0 Å². The zero-order chi connectivity index (χ0) is 13.9. The minimum absolute atomic E-state index is 0.121. The number of aliphatic carboxylic acids is 1. The molecule has 106 valence electrons. The van der Waals surface area contributed by atoms with Gasteiger partial charge in [-0.3, -0.25) is 4.79 Å². The number of carboxylic acids is 1. The van der Waals surface area contributed by atoms with Crippen molar-refractivity contribution in [3.05, 3.63) is 24.2 Å². The summed E-state index contributed by atoms with van der Waals surface area (Å²) in [7, 11) is 0. The maximum Gasteiger partial charge on any atom is 0.303 e. The Kier molecular flexibility index (Phi) is 3.67. The molecule has 0 aromatic carbocycles. The fraction of sp³-hybridized carbons (Fsp3) is 0.533. The molecular weight excluding hydrogens is 254 g/mol. The van der Waals surface area contributed by atoms with E-state index in [4.69, 9.17) is 5.11 Å². The fourth-order valence-corrected chi connectivity index (χ4v) is 3.09. The quantitative estimate of drug-likeness (QED) is 0.930. The van der Waals surface area contributed by atoms with E-state index in [9.17, 15) is 4.79 Å². The van der Waals surface area contributed by atoms with Crippen LogP contribution in [-0.2, 0) is 11.2 Å². The van der Waals surface area contributed by atoms with E-state index in [2.05, 4.69) is 14.5 Å². The molecule has 0 radical (unpaired) electrons. The van der Waals surface area contributed by atoms with Gasteiger partial charge in [-0.2, -0.15) is 0 Å². The third-order valence-corrected chi connectivity index (χ3v) is 4.02. The molecule has 5 heteroatoms. The predicted octanol–water partition coefficient (Wildman–Crippen LogP) is 2.95. The largest absolute Gasteiger partial charge is 0.481 e. The monoisotopic (exact) mass is 273 g/mol. The second-order valence-corrected chi connectivity index (χ2v) is 5.43.